The first-order valence-electron chi connectivity index (χ1n) is 5.45. The number of carbonyl (C=O) groups excluding carboxylic acids is 2. The molecule has 0 radical (unpaired) electrons. The highest BCUT2D eigenvalue weighted by Gasteiger charge is 2.09. The van der Waals surface area contributed by atoms with Crippen LogP contribution in [0.15, 0.2) is 53.0 Å². The van der Waals surface area contributed by atoms with Crippen molar-refractivity contribution in [2.75, 3.05) is 5.32 Å². The fourth-order valence-electron chi connectivity index (χ4n) is 1.57. The third-order valence-corrected chi connectivity index (χ3v) is 3.03. The molecule has 0 saturated heterocycles. The smallest absolute Gasteiger partial charge is 0.255 e. The first-order chi connectivity index (χ1) is 9.08. The number of nitrogens with one attached hydrogen (secondary N) is 1. The summed E-state index contributed by atoms with van der Waals surface area (Å²) < 4.78 is 0.860. The fourth-order valence-corrected chi connectivity index (χ4v) is 1.83. The molecule has 19 heavy (non-hydrogen) atoms. The van der Waals surface area contributed by atoms with Gasteiger partial charge in [0.25, 0.3) is 5.91 Å². The summed E-state index contributed by atoms with van der Waals surface area (Å²) in [6.45, 7) is 0. The Morgan fingerprint density at radius 2 is 1.63 bits per heavy atom. The van der Waals surface area contributed by atoms with E-state index in [2.05, 4.69) is 21.2 Å². The number of hydrogen-bond acceptors (Lipinski definition) is 3. The Morgan fingerprint density at radius 3 is 2.26 bits per heavy atom. The quantitative estimate of drug-likeness (QED) is 0.941. The molecule has 0 bridgehead atoms. The normalized spacial score (nSPS) is 9.95. The minimum atomic E-state index is -1.33. The summed E-state index contributed by atoms with van der Waals surface area (Å²) in [7, 11) is 0. The van der Waals surface area contributed by atoms with E-state index < -0.39 is 5.97 Å². The predicted octanol–water partition coefficient (Wildman–Crippen LogP) is 2.06. The van der Waals surface area contributed by atoms with Gasteiger partial charge < -0.3 is 15.2 Å². The number of amides is 1. The van der Waals surface area contributed by atoms with E-state index in [0.717, 1.165) is 4.47 Å². The molecule has 2 rings (SSSR count). The highest BCUT2D eigenvalue weighted by Crippen LogP contribution is 2.16. The van der Waals surface area contributed by atoms with Crippen molar-refractivity contribution in [2.24, 2.45) is 0 Å². The van der Waals surface area contributed by atoms with Crippen LogP contribution in [0, 0.1) is 0 Å². The Balaban J connectivity index is 2.24. The fraction of sp³-hybridized carbons (Fsp3) is 0. The lowest BCUT2D eigenvalue weighted by Crippen LogP contribution is -2.24. The van der Waals surface area contributed by atoms with Crippen LogP contribution in [-0.2, 0) is 0 Å². The number of carboxylic acid groups (broad SMARTS) is 1. The number of carbonyl (C=O) groups is 2. The van der Waals surface area contributed by atoms with Crippen LogP contribution in [0.3, 0.4) is 0 Å². The molecule has 4 nitrogen and oxygen atoms in total. The van der Waals surface area contributed by atoms with Crippen LogP contribution in [0.4, 0.5) is 5.69 Å². The van der Waals surface area contributed by atoms with Crippen LogP contribution in [0.2, 0.25) is 0 Å². The molecule has 0 aromatic heterocycles. The van der Waals surface area contributed by atoms with E-state index in [1.807, 2.05) is 0 Å². The van der Waals surface area contributed by atoms with Gasteiger partial charge in [-0.05, 0) is 30.3 Å². The lowest BCUT2D eigenvalue weighted by Gasteiger charge is -2.11. The number of benzene rings is 2. The van der Waals surface area contributed by atoms with E-state index in [9.17, 15) is 14.7 Å². The molecule has 0 unspecified atom stereocenters. The molecular formula is C14H9BrNO3-. The molecule has 0 fully saturated rings. The van der Waals surface area contributed by atoms with Crippen LogP contribution in [0.5, 0.6) is 0 Å². The van der Waals surface area contributed by atoms with Gasteiger partial charge >= 0.3 is 0 Å². The monoisotopic (exact) mass is 318 g/mol. The summed E-state index contributed by atoms with van der Waals surface area (Å²) in [6, 6.07) is 12.9. The number of hydrogen-bond donors (Lipinski definition) is 1. The zero-order valence-electron chi connectivity index (χ0n) is 9.72. The second kappa shape index (κ2) is 5.67. The average molecular weight is 319 g/mol. The van der Waals surface area contributed by atoms with Crippen molar-refractivity contribution in [1.29, 1.82) is 0 Å². The van der Waals surface area contributed by atoms with Gasteiger partial charge in [-0.15, -0.1) is 0 Å². The molecule has 5 heteroatoms. The van der Waals surface area contributed by atoms with Crippen LogP contribution < -0.4 is 10.4 Å². The van der Waals surface area contributed by atoms with Crippen molar-refractivity contribution < 1.29 is 14.7 Å². The summed E-state index contributed by atoms with van der Waals surface area (Å²) in [6.07, 6.45) is 0. The second-order valence-corrected chi connectivity index (χ2v) is 4.71. The van der Waals surface area contributed by atoms with Gasteiger partial charge in [-0.25, -0.2) is 0 Å². The summed E-state index contributed by atoms with van der Waals surface area (Å²) in [5.74, 6) is -1.70. The Hall–Kier alpha value is -2.14. The largest absolute Gasteiger partial charge is 0.545 e. The predicted molar refractivity (Wildman–Crippen MR) is 72.9 cm³/mol. The van der Waals surface area contributed by atoms with Crippen molar-refractivity contribution in [1.82, 2.24) is 0 Å². The van der Waals surface area contributed by atoms with Crippen LogP contribution in [0.1, 0.15) is 20.7 Å². The summed E-state index contributed by atoms with van der Waals surface area (Å²) in [4.78, 5) is 22.9. The highest BCUT2D eigenvalue weighted by molar-refractivity contribution is 9.10. The maximum absolute atomic E-state index is 12.0. The van der Waals surface area contributed by atoms with Crippen molar-refractivity contribution in [3.63, 3.8) is 0 Å². The molecule has 0 saturated carbocycles. The minimum Gasteiger partial charge on any atom is -0.545 e. The maximum atomic E-state index is 12.0. The molecule has 0 aliphatic rings. The molecule has 2 aromatic carbocycles. The molecule has 0 spiro atoms. The zero-order valence-corrected chi connectivity index (χ0v) is 11.3. The number of aromatic carboxylic acids is 1. The van der Waals surface area contributed by atoms with Crippen molar-refractivity contribution in [3.05, 3.63) is 64.1 Å². The van der Waals surface area contributed by atoms with E-state index in [4.69, 9.17) is 0 Å². The van der Waals surface area contributed by atoms with Crippen molar-refractivity contribution in [3.8, 4) is 0 Å². The van der Waals surface area contributed by atoms with Gasteiger partial charge in [-0.2, -0.15) is 0 Å². The number of rotatable bonds is 3. The molecule has 1 N–H and O–H groups in total. The Kier molecular flexibility index (Phi) is 3.97. The van der Waals surface area contributed by atoms with Crippen LogP contribution in [-0.4, -0.2) is 11.9 Å². The summed E-state index contributed by atoms with van der Waals surface area (Å²) >= 11 is 3.27. The molecule has 1 amide bonds. The Morgan fingerprint density at radius 1 is 1.00 bits per heavy atom. The molecule has 0 heterocycles. The van der Waals surface area contributed by atoms with E-state index in [0.29, 0.717) is 5.56 Å². The third-order valence-electron chi connectivity index (χ3n) is 2.50. The summed E-state index contributed by atoms with van der Waals surface area (Å²) in [5, 5.41) is 13.5. The lowest BCUT2D eigenvalue weighted by molar-refractivity contribution is -0.254. The molecule has 0 atom stereocenters. The zero-order chi connectivity index (χ0) is 13.8. The van der Waals surface area contributed by atoms with Gasteiger partial charge in [0.2, 0.25) is 0 Å². The SMILES string of the molecule is O=C(Nc1ccccc1C(=O)[O-])c1ccc(Br)cc1. The first-order valence-corrected chi connectivity index (χ1v) is 6.24. The van der Waals surface area contributed by atoms with Crippen LogP contribution in [0.25, 0.3) is 0 Å². The van der Waals surface area contributed by atoms with Crippen molar-refractivity contribution in [2.45, 2.75) is 0 Å². The van der Waals surface area contributed by atoms with Gasteiger partial charge in [-0.3, -0.25) is 4.79 Å². The lowest BCUT2D eigenvalue weighted by atomic mass is 10.1. The van der Waals surface area contributed by atoms with Gasteiger partial charge in [0.05, 0.1) is 11.7 Å². The maximum Gasteiger partial charge on any atom is 0.255 e. The number of carboxylic acids is 1. The molecule has 2 aromatic rings. The van der Waals surface area contributed by atoms with Crippen molar-refractivity contribution >= 4 is 33.5 Å². The van der Waals surface area contributed by atoms with Gasteiger partial charge in [0.1, 0.15) is 0 Å². The number of anilines is 1. The Bertz CT molecular complexity index is 623. The van der Waals surface area contributed by atoms with E-state index in [1.165, 1.54) is 12.1 Å². The Labute approximate surface area is 118 Å². The van der Waals surface area contributed by atoms with Gasteiger partial charge in [0.15, 0.2) is 0 Å². The third kappa shape index (κ3) is 3.20. The average Bonchev–Trinajstić information content (AvgIpc) is 2.39. The number of halogens is 1. The van der Waals surface area contributed by atoms with E-state index in [1.54, 1.807) is 36.4 Å². The topological polar surface area (TPSA) is 69.2 Å². The van der Waals surface area contributed by atoms with Crippen LogP contribution >= 0.6 is 15.9 Å². The van der Waals surface area contributed by atoms with Gasteiger partial charge in [-0.1, -0.05) is 34.1 Å². The van der Waals surface area contributed by atoms with E-state index in [-0.39, 0.29) is 17.2 Å². The second-order valence-electron chi connectivity index (χ2n) is 3.79. The number of para-hydroxylation sites is 1. The highest BCUT2D eigenvalue weighted by atomic mass is 79.9. The molecule has 0 aliphatic heterocycles. The van der Waals surface area contributed by atoms with Gasteiger partial charge in [0, 0.05) is 15.6 Å². The summed E-state index contributed by atoms with van der Waals surface area (Å²) in [5.41, 5.74) is 0.611. The first kappa shape index (κ1) is 13.3. The molecule has 96 valence electrons. The minimum absolute atomic E-state index is 0.0482. The van der Waals surface area contributed by atoms with E-state index >= 15 is 0 Å². The molecule has 0 aliphatic carbocycles. The standard InChI is InChI=1S/C14H10BrNO3/c15-10-7-5-9(6-8-10)13(17)16-12-4-2-1-3-11(12)14(18)19/h1-8H,(H,16,17)(H,18,19)/p-1. The molecular weight excluding hydrogens is 310 g/mol.